The molecule has 0 amide bonds. The predicted octanol–water partition coefficient (Wildman–Crippen LogP) is 2.89. The van der Waals surface area contributed by atoms with E-state index in [2.05, 4.69) is 56.3 Å². The topological polar surface area (TPSA) is 3.88 Å². The molecule has 1 heteroatoms. The smallest absolute Gasteiger partial charge is 0.195 e. The summed E-state index contributed by atoms with van der Waals surface area (Å²) >= 11 is 0. The van der Waals surface area contributed by atoms with Crippen LogP contribution >= 0.6 is 0 Å². The summed E-state index contributed by atoms with van der Waals surface area (Å²) < 4.78 is 2.20. The average molecular weight is 188 g/mol. The fraction of sp³-hybridized carbons (Fsp3) is 0.308. The van der Waals surface area contributed by atoms with Crippen LogP contribution in [0.15, 0.2) is 37.1 Å². The minimum atomic E-state index is 0.862. The minimum Gasteiger partial charge on any atom is -0.195 e. The molecule has 0 radical (unpaired) electrons. The lowest BCUT2D eigenvalue weighted by molar-refractivity contribution is -0.689. The molecule has 0 atom stereocenters. The minimum absolute atomic E-state index is 0.862. The number of nitrogens with zero attached hydrogens (tertiary/aromatic N) is 1. The van der Waals surface area contributed by atoms with Crippen molar-refractivity contribution in [2.45, 2.75) is 27.3 Å². The molecule has 0 aliphatic rings. The zero-order valence-electron chi connectivity index (χ0n) is 9.25. The highest BCUT2D eigenvalue weighted by Crippen LogP contribution is 2.10. The van der Waals surface area contributed by atoms with E-state index in [0.29, 0.717) is 0 Å². The van der Waals surface area contributed by atoms with E-state index >= 15 is 0 Å². The third-order valence-corrected chi connectivity index (χ3v) is 2.35. The molecule has 1 rings (SSSR count). The highest BCUT2D eigenvalue weighted by molar-refractivity contribution is 5.58. The van der Waals surface area contributed by atoms with E-state index in [9.17, 15) is 0 Å². The number of allylic oxidation sites excluding steroid dienone is 3. The van der Waals surface area contributed by atoms with Crippen LogP contribution in [0.3, 0.4) is 0 Å². The van der Waals surface area contributed by atoms with E-state index in [1.165, 1.54) is 16.8 Å². The lowest BCUT2D eigenvalue weighted by Crippen LogP contribution is -2.36. The van der Waals surface area contributed by atoms with Gasteiger partial charge in [-0.3, -0.25) is 0 Å². The van der Waals surface area contributed by atoms with Gasteiger partial charge in [-0.1, -0.05) is 12.7 Å². The molecule has 1 aromatic rings. The lowest BCUT2D eigenvalue weighted by atomic mass is 10.1. The van der Waals surface area contributed by atoms with Crippen molar-refractivity contribution >= 4 is 5.57 Å². The van der Waals surface area contributed by atoms with Gasteiger partial charge >= 0.3 is 0 Å². The van der Waals surface area contributed by atoms with Gasteiger partial charge in [-0.25, -0.2) is 0 Å². The van der Waals surface area contributed by atoms with Crippen molar-refractivity contribution in [2.24, 2.45) is 0 Å². The van der Waals surface area contributed by atoms with Crippen LogP contribution in [0.25, 0.3) is 5.57 Å². The summed E-state index contributed by atoms with van der Waals surface area (Å²) in [6, 6.07) is 4.33. The summed E-state index contributed by atoms with van der Waals surface area (Å²) in [6.07, 6.45) is 6.16. The highest BCUT2D eigenvalue weighted by atomic mass is 14.9. The zero-order valence-corrected chi connectivity index (χ0v) is 9.25. The van der Waals surface area contributed by atoms with Crippen molar-refractivity contribution in [1.29, 1.82) is 0 Å². The fourth-order valence-corrected chi connectivity index (χ4v) is 1.42. The molecule has 1 nitrogen and oxygen atoms in total. The number of aromatic nitrogens is 1. The SMILES string of the molecule is C=CC[n+]1ccc(C)cc1/C(C)=C/C. The summed E-state index contributed by atoms with van der Waals surface area (Å²) in [4.78, 5) is 0. The van der Waals surface area contributed by atoms with Gasteiger partial charge in [0.15, 0.2) is 12.7 Å². The maximum Gasteiger partial charge on any atom is 0.208 e. The van der Waals surface area contributed by atoms with E-state index < -0.39 is 0 Å². The van der Waals surface area contributed by atoms with Gasteiger partial charge in [0.05, 0.1) is 0 Å². The highest BCUT2D eigenvalue weighted by Gasteiger charge is 2.09. The van der Waals surface area contributed by atoms with Crippen LogP contribution < -0.4 is 4.57 Å². The Labute approximate surface area is 86.4 Å². The van der Waals surface area contributed by atoms with Crippen LogP contribution in [-0.4, -0.2) is 0 Å². The second-order valence-electron chi connectivity index (χ2n) is 3.50. The van der Waals surface area contributed by atoms with Crippen molar-refractivity contribution in [3.05, 3.63) is 48.3 Å². The molecule has 0 saturated carbocycles. The Morgan fingerprint density at radius 3 is 2.86 bits per heavy atom. The monoisotopic (exact) mass is 188 g/mol. The van der Waals surface area contributed by atoms with Gasteiger partial charge in [0, 0.05) is 17.7 Å². The fourth-order valence-electron chi connectivity index (χ4n) is 1.42. The third-order valence-electron chi connectivity index (χ3n) is 2.35. The first-order valence-corrected chi connectivity index (χ1v) is 4.93. The van der Waals surface area contributed by atoms with Gasteiger partial charge < -0.3 is 0 Å². The molecule has 74 valence electrons. The van der Waals surface area contributed by atoms with Crippen molar-refractivity contribution in [2.75, 3.05) is 0 Å². The summed E-state index contributed by atoms with van der Waals surface area (Å²) in [5, 5.41) is 0. The maximum atomic E-state index is 3.76. The molecule has 1 aromatic heterocycles. The Morgan fingerprint density at radius 2 is 2.29 bits per heavy atom. The summed E-state index contributed by atoms with van der Waals surface area (Å²) in [6.45, 7) is 10.9. The number of pyridine rings is 1. The van der Waals surface area contributed by atoms with Gasteiger partial charge in [0.25, 0.3) is 0 Å². The van der Waals surface area contributed by atoms with Crippen LogP contribution in [0.2, 0.25) is 0 Å². The lowest BCUT2D eigenvalue weighted by Gasteiger charge is -2.02. The quantitative estimate of drug-likeness (QED) is 0.507. The molecule has 0 aliphatic carbocycles. The molecule has 0 bridgehead atoms. The largest absolute Gasteiger partial charge is 0.208 e. The van der Waals surface area contributed by atoms with Gasteiger partial charge in [0.1, 0.15) is 0 Å². The number of hydrogen-bond donors (Lipinski definition) is 0. The second kappa shape index (κ2) is 4.75. The Morgan fingerprint density at radius 1 is 1.57 bits per heavy atom. The van der Waals surface area contributed by atoms with Crippen molar-refractivity contribution in [3.63, 3.8) is 0 Å². The number of rotatable bonds is 3. The first-order chi connectivity index (χ1) is 6.69. The zero-order chi connectivity index (χ0) is 10.6. The van der Waals surface area contributed by atoms with Crippen LogP contribution in [-0.2, 0) is 6.54 Å². The molecule has 14 heavy (non-hydrogen) atoms. The first-order valence-electron chi connectivity index (χ1n) is 4.93. The Kier molecular flexibility index (Phi) is 3.63. The normalized spacial score (nSPS) is 11.5. The summed E-state index contributed by atoms with van der Waals surface area (Å²) in [5.41, 5.74) is 3.87. The maximum absolute atomic E-state index is 3.76. The van der Waals surface area contributed by atoms with Crippen molar-refractivity contribution < 1.29 is 4.57 Å². The third kappa shape index (κ3) is 2.32. The average Bonchev–Trinajstić information content (AvgIpc) is 2.20. The molecule has 0 N–H and O–H groups in total. The molecular weight excluding hydrogens is 170 g/mol. The number of aryl methyl sites for hydroxylation is 1. The van der Waals surface area contributed by atoms with Gasteiger partial charge in [0.2, 0.25) is 5.69 Å². The second-order valence-corrected chi connectivity index (χ2v) is 3.50. The van der Waals surface area contributed by atoms with Crippen LogP contribution in [0.1, 0.15) is 25.1 Å². The van der Waals surface area contributed by atoms with E-state index in [0.717, 1.165) is 6.54 Å². The molecule has 0 unspecified atom stereocenters. The summed E-state index contributed by atoms with van der Waals surface area (Å²) in [5.74, 6) is 0. The summed E-state index contributed by atoms with van der Waals surface area (Å²) in [7, 11) is 0. The van der Waals surface area contributed by atoms with Gasteiger partial charge in [-0.15, -0.1) is 0 Å². The standard InChI is InChI=1S/C13H18N/c1-5-8-14-9-7-11(3)10-13(14)12(4)6-2/h5-7,9-10H,1,8H2,2-4H3/q+1/b12-6+. The predicted molar refractivity (Wildman–Crippen MR) is 60.9 cm³/mol. The van der Waals surface area contributed by atoms with Gasteiger partial charge in [-0.2, -0.15) is 4.57 Å². The van der Waals surface area contributed by atoms with Gasteiger partial charge in [-0.05, 0) is 32.4 Å². The molecule has 0 aliphatic heterocycles. The Balaban J connectivity index is 3.22. The van der Waals surface area contributed by atoms with Crippen molar-refractivity contribution in [3.8, 4) is 0 Å². The Hall–Kier alpha value is -1.37. The molecule has 0 fully saturated rings. The van der Waals surface area contributed by atoms with Crippen LogP contribution in [0, 0.1) is 6.92 Å². The molecule has 0 spiro atoms. The molecule has 1 heterocycles. The molecule has 0 aromatic carbocycles. The molecular formula is C13H18N+. The first kappa shape index (κ1) is 10.7. The molecule has 0 saturated heterocycles. The Bertz CT molecular complexity index is 361. The van der Waals surface area contributed by atoms with E-state index in [1.54, 1.807) is 0 Å². The van der Waals surface area contributed by atoms with E-state index in [4.69, 9.17) is 0 Å². The van der Waals surface area contributed by atoms with E-state index in [1.807, 2.05) is 6.08 Å². The van der Waals surface area contributed by atoms with Crippen LogP contribution in [0.4, 0.5) is 0 Å². The van der Waals surface area contributed by atoms with Crippen molar-refractivity contribution in [1.82, 2.24) is 0 Å². The van der Waals surface area contributed by atoms with Crippen LogP contribution in [0.5, 0.6) is 0 Å². The van der Waals surface area contributed by atoms with E-state index in [-0.39, 0.29) is 0 Å². The number of hydrogen-bond acceptors (Lipinski definition) is 0.